The molecule has 0 unspecified atom stereocenters. The molecule has 0 aliphatic heterocycles. The van der Waals surface area contributed by atoms with E-state index >= 15 is 0 Å². The SMILES string of the molecule is CCCCC(I)=C(C#Cc1ccc(C#C[Si](C(C)C)(C(C)C)C(C)C)nc1)CCC. The molecule has 1 heterocycles. The number of hydrogen-bond acceptors (Lipinski definition) is 1. The minimum absolute atomic E-state index is 0.633. The highest BCUT2D eigenvalue weighted by Crippen LogP contribution is 2.40. The van der Waals surface area contributed by atoms with Crippen LogP contribution in [0.25, 0.3) is 0 Å². The summed E-state index contributed by atoms with van der Waals surface area (Å²) in [6.07, 6.45) is 7.65. The van der Waals surface area contributed by atoms with Gasteiger partial charge in [-0.15, -0.1) is 5.54 Å². The molecule has 3 heteroatoms. The quantitative estimate of drug-likeness (QED) is 0.185. The Morgan fingerprint density at radius 3 is 2.03 bits per heavy atom. The van der Waals surface area contributed by atoms with Crippen LogP contribution in [0.1, 0.15) is 98.8 Å². The normalized spacial score (nSPS) is 12.4. The predicted octanol–water partition coefficient (Wildman–Crippen LogP) is 8.68. The molecule has 0 saturated heterocycles. The summed E-state index contributed by atoms with van der Waals surface area (Å²) >= 11 is 2.48. The largest absolute Gasteiger partial charge is 0.247 e. The molecular formula is C27H40INSi. The summed E-state index contributed by atoms with van der Waals surface area (Å²) in [4.78, 5) is 4.61. The van der Waals surface area contributed by atoms with E-state index in [-0.39, 0.29) is 0 Å². The average molecular weight is 534 g/mol. The van der Waals surface area contributed by atoms with Crippen LogP contribution in [0.5, 0.6) is 0 Å². The van der Waals surface area contributed by atoms with Gasteiger partial charge in [0, 0.05) is 20.9 Å². The average Bonchev–Trinajstić information content (AvgIpc) is 2.69. The van der Waals surface area contributed by atoms with Gasteiger partial charge in [-0.1, -0.05) is 86.0 Å². The molecule has 0 radical (unpaired) electrons. The number of nitrogens with zero attached hydrogens (tertiary/aromatic N) is 1. The lowest BCUT2D eigenvalue weighted by Crippen LogP contribution is -2.43. The van der Waals surface area contributed by atoms with Crippen LogP contribution in [0.3, 0.4) is 0 Å². The molecule has 0 atom stereocenters. The van der Waals surface area contributed by atoms with Crippen LogP contribution >= 0.6 is 22.6 Å². The van der Waals surface area contributed by atoms with Crippen molar-refractivity contribution in [2.24, 2.45) is 0 Å². The second-order valence-electron chi connectivity index (χ2n) is 9.07. The summed E-state index contributed by atoms with van der Waals surface area (Å²) in [7, 11) is -1.72. The Balaban J connectivity index is 3.12. The number of halogens is 1. The molecule has 1 aromatic heterocycles. The van der Waals surface area contributed by atoms with Gasteiger partial charge in [0.05, 0.1) is 0 Å². The monoisotopic (exact) mass is 533 g/mol. The number of aromatic nitrogens is 1. The highest BCUT2D eigenvalue weighted by molar-refractivity contribution is 14.1. The van der Waals surface area contributed by atoms with Crippen molar-refractivity contribution in [3.8, 4) is 23.3 Å². The Kier molecular flexibility index (Phi) is 12.0. The summed E-state index contributed by atoms with van der Waals surface area (Å²) in [6, 6.07) is 4.10. The van der Waals surface area contributed by atoms with E-state index in [2.05, 4.69) is 112 Å². The smallest absolute Gasteiger partial charge is 0.146 e. The number of hydrogen-bond donors (Lipinski definition) is 0. The Labute approximate surface area is 201 Å². The number of rotatable bonds is 8. The second-order valence-corrected chi connectivity index (χ2v) is 15.9. The molecule has 30 heavy (non-hydrogen) atoms. The molecule has 1 rings (SSSR count). The highest BCUT2D eigenvalue weighted by Gasteiger charge is 2.41. The molecule has 0 saturated carbocycles. The van der Waals surface area contributed by atoms with Gasteiger partial charge >= 0.3 is 0 Å². The fraction of sp³-hybridized carbons (Fsp3) is 0.593. The fourth-order valence-electron chi connectivity index (χ4n) is 4.29. The molecule has 1 aromatic rings. The second kappa shape index (κ2) is 13.4. The van der Waals surface area contributed by atoms with E-state index in [1.165, 1.54) is 22.0 Å². The van der Waals surface area contributed by atoms with Crippen molar-refractivity contribution in [2.75, 3.05) is 0 Å². The molecule has 0 spiro atoms. The third-order valence-electron chi connectivity index (χ3n) is 5.97. The molecule has 0 aliphatic carbocycles. The fourth-order valence-corrected chi connectivity index (χ4v) is 10.3. The molecule has 164 valence electrons. The van der Waals surface area contributed by atoms with Crippen molar-refractivity contribution in [2.45, 2.75) is 104 Å². The zero-order valence-electron chi connectivity index (χ0n) is 20.3. The zero-order chi connectivity index (χ0) is 22.7. The molecule has 0 amide bonds. The Morgan fingerprint density at radius 1 is 0.933 bits per heavy atom. The van der Waals surface area contributed by atoms with Crippen molar-refractivity contribution < 1.29 is 0 Å². The molecule has 0 aliphatic rings. The minimum Gasteiger partial charge on any atom is -0.247 e. The summed E-state index contributed by atoms with van der Waals surface area (Å²) in [5, 5.41) is 0. The van der Waals surface area contributed by atoms with Gasteiger partial charge in [-0.3, -0.25) is 0 Å². The predicted molar refractivity (Wildman–Crippen MR) is 145 cm³/mol. The first-order valence-corrected chi connectivity index (χ1v) is 14.9. The van der Waals surface area contributed by atoms with Crippen molar-refractivity contribution in [1.82, 2.24) is 4.98 Å². The van der Waals surface area contributed by atoms with E-state index in [4.69, 9.17) is 0 Å². The Hall–Kier alpha value is -1.04. The highest BCUT2D eigenvalue weighted by atomic mass is 127. The van der Waals surface area contributed by atoms with Gasteiger partial charge in [-0.2, -0.15) is 0 Å². The van der Waals surface area contributed by atoms with Crippen LogP contribution < -0.4 is 0 Å². The van der Waals surface area contributed by atoms with E-state index in [1.807, 2.05) is 12.3 Å². The number of unbranched alkanes of at least 4 members (excludes halogenated alkanes) is 1. The van der Waals surface area contributed by atoms with Gasteiger partial charge in [-0.05, 0) is 70.6 Å². The lowest BCUT2D eigenvalue weighted by molar-refractivity contribution is 0.803. The van der Waals surface area contributed by atoms with Crippen molar-refractivity contribution >= 4 is 30.7 Å². The van der Waals surface area contributed by atoms with Crippen LogP contribution in [-0.2, 0) is 0 Å². The third kappa shape index (κ3) is 7.58. The van der Waals surface area contributed by atoms with Crippen LogP contribution in [0.2, 0.25) is 16.6 Å². The van der Waals surface area contributed by atoms with Crippen molar-refractivity contribution in [1.29, 1.82) is 0 Å². The van der Waals surface area contributed by atoms with Crippen LogP contribution in [0.4, 0.5) is 0 Å². The zero-order valence-corrected chi connectivity index (χ0v) is 23.5. The third-order valence-corrected chi connectivity index (χ3v) is 13.5. The molecule has 0 aromatic carbocycles. The van der Waals surface area contributed by atoms with Gasteiger partial charge in [0.1, 0.15) is 13.8 Å². The van der Waals surface area contributed by atoms with Gasteiger partial charge < -0.3 is 0 Å². The molecular weight excluding hydrogens is 493 g/mol. The first kappa shape index (κ1) is 27.0. The maximum absolute atomic E-state index is 4.61. The van der Waals surface area contributed by atoms with E-state index in [1.54, 1.807) is 0 Å². The van der Waals surface area contributed by atoms with Crippen LogP contribution in [-0.4, -0.2) is 13.1 Å². The standard InChI is InChI=1S/C27H40INSi/c1-9-11-13-27(28)25(12-10-2)16-14-24-15-17-26(29-20-24)18-19-30(21(3)4,22(5)6)23(7)8/h15,17,20-23H,9-13H2,1-8H3. The summed E-state index contributed by atoms with van der Waals surface area (Å²) in [6.45, 7) is 18.5. The first-order valence-electron chi connectivity index (χ1n) is 11.6. The first-order chi connectivity index (χ1) is 14.2. The topological polar surface area (TPSA) is 12.9 Å². The lowest BCUT2D eigenvalue weighted by Gasteiger charge is -2.38. The minimum atomic E-state index is -1.72. The molecule has 0 fully saturated rings. The van der Waals surface area contributed by atoms with E-state index < -0.39 is 8.07 Å². The number of allylic oxidation sites excluding steroid dienone is 2. The van der Waals surface area contributed by atoms with Gasteiger partial charge in [0.15, 0.2) is 0 Å². The Bertz CT molecular complexity index is 789. The maximum atomic E-state index is 4.61. The van der Waals surface area contributed by atoms with Crippen LogP contribution in [0.15, 0.2) is 27.5 Å². The Morgan fingerprint density at radius 2 is 1.57 bits per heavy atom. The van der Waals surface area contributed by atoms with Gasteiger partial charge in [-0.25, -0.2) is 4.98 Å². The van der Waals surface area contributed by atoms with Gasteiger partial charge in [0.2, 0.25) is 0 Å². The van der Waals surface area contributed by atoms with Crippen LogP contribution in [0, 0.1) is 23.3 Å². The lowest BCUT2D eigenvalue weighted by atomic mass is 10.1. The summed E-state index contributed by atoms with van der Waals surface area (Å²) in [5.41, 5.74) is 8.77. The molecule has 0 N–H and O–H groups in total. The van der Waals surface area contributed by atoms with Crippen molar-refractivity contribution in [3.05, 3.63) is 38.7 Å². The van der Waals surface area contributed by atoms with E-state index in [0.717, 1.165) is 30.5 Å². The maximum Gasteiger partial charge on any atom is 0.146 e. The molecule has 1 nitrogen and oxygen atoms in total. The van der Waals surface area contributed by atoms with E-state index in [0.29, 0.717) is 16.6 Å². The summed E-state index contributed by atoms with van der Waals surface area (Å²) < 4.78 is 1.41. The molecule has 0 bridgehead atoms. The number of pyridine rings is 1. The van der Waals surface area contributed by atoms with Crippen molar-refractivity contribution in [3.63, 3.8) is 0 Å². The van der Waals surface area contributed by atoms with Gasteiger partial charge in [0.25, 0.3) is 0 Å². The van der Waals surface area contributed by atoms with E-state index in [9.17, 15) is 0 Å². The summed E-state index contributed by atoms with van der Waals surface area (Å²) in [5.74, 6) is 10.2.